The zero-order chi connectivity index (χ0) is 17.0. The van der Waals surface area contributed by atoms with Crippen molar-refractivity contribution in [3.8, 4) is 5.75 Å². The monoisotopic (exact) mass is 323 g/mol. The predicted molar refractivity (Wildman–Crippen MR) is 88.2 cm³/mol. The fourth-order valence-electron chi connectivity index (χ4n) is 2.36. The SMILES string of the molecule is CN(C)C(C)(C)CNC(=O)NC1CCCOc2ccc(F)cc21. The van der Waals surface area contributed by atoms with Crippen LogP contribution in [0, 0.1) is 5.82 Å². The van der Waals surface area contributed by atoms with E-state index in [1.807, 2.05) is 14.1 Å². The third-order valence-electron chi connectivity index (χ3n) is 4.44. The van der Waals surface area contributed by atoms with E-state index in [4.69, 9.17) is 4.74 Å². The second-order valence-electron chi connectivity index (χ2n) is 6.76. The fourth-order valence-corrected chi connectivity index (χ4v) is 2.36. The Kier molecular flexibility index (Phi) is 5.46. The van der Waals surface area contributed by atoms with Crippen LogP contribution >= 0.6 is 0 Å². The molecule has 0 saturated heterocycles. The lowest BCUT2D eigenvalue weighted by Gasteiger charge is -2.32. The quantitative estimate of drug-likeness (QED) is 0.896. The predicted octanol–water partition coefficient (Wildman–Crippen LogP) is 2.68. The smallest absolute Gasteiger partial charge is 0.315 e. The maximum Gasteiger partial charge on any atom is 0.315 e. The largest absolute Gasteiger partial charge is 0.493 e. The molecule has 0 saturated carbocycles. The maximum atomic E-state index is 13.5. The Balaban J connectivity index is 2.02. The normalized spacial score (nSPS) is 17.9. The van der Waals surface area contributed by atoms with Gasteiger partial charge in [-0.2, -0.15) is 0 Å². The van der Waals surface area contributed by atoms with Crippen molar-refractivity contribution in [3.63, 3.8) is 0 Å². The van der Waals surface area contributed by atoms with Crippen LogP contribution in [0.2, 0.25) is 0 Å². The molecule has 2 amide bonds. The standard InChI is InChI=1S/C17H26FN3O2/c1-17(2,21(3)4)11-19-16(22)20-14-6-5-9-23-15-8-7-12(18)10-13(14)15/h7-8,10,14H,5-6,9,11H2,1-4H3,(H2,19,20,22). The second-order valence-corrected chi connectivity index (χ2v) is 6.76. The van der Waals surface area contributed by atoms with Crippen molar-refractivity contribution >= 4 is 6.03 Å². The minimum Gasteiger partial charge on any atom is -0.493 e. The van der Waals surface area contributed by atoms with Gasteiger partial charge < -0.3 is 20.3 Å². The Morgan fingerprint density at radius 3 is 2.87 bits per heavy atom. The number of benzene rings is 1. The van der Waals surface area contributed by atoms with E-state index < -0.39 is 0 Å². The Bertz CT molecular complexity index is 561. The van der Waals surface area contributed by atoms with Crippen molar-refractivity contribution in [2.75, 3.05) is 27.2 Å². The summed E-state index contributed by atoms with van der Waals surface area (Å²) in [5, 5.41) is 5.83. The summed E-state index contributed by atoms with van der Waals surface area (Å²) in [4.78, 5) is 14.3. The fraction of sp³-hybridized carbons (Fsp3) is 0.588. The summed E-state index contributed by atoms with van der Waals surface area (Å²) < 4.78 is 19.2. The zero-order valence-electron chi connectivity index (χ0n) is 14.3. The lowest BCUT2D eigenvalue weighted by atomic mass is 10.0. The molecule has 1 aromatic carbocycles. The summed E-state index contributed by atoms with van der Waals surface area (Å²) in [6, 6.07) is 3.95. The highest BCUT2D eigenvalue weighted by Gasteiger charge is 2.24. The minimum absolute atomic E-state index is 0.145. The molecule has 0 aromatic heterocycles. The van der Waals surface area contributed by atoms with E-state index in [0.717, 1.165) is 12.8 Å². The molecule has 0 bridgehead atoms. The van der Waals surface area contributed by atoms with Gasteiger partial charge >= 0.3 is 6.03 Å². The Morgan fingerprint density at radius 2 is 2.17 bits per heavy atom. The summed E-state index contributed by atoms with van der Waals surface area (Å²) in [6.07, 6.45) is 1.53. The molecule has 1 atom stereocenters. The van der Waals surface area contributed by atoms with E-state index in [0.29, 0.717) is 24.5 Å². The van der Waals surface area contributed by atoms with Gasteiger partial charge in [0.25, 0.3) is 0 Å². The van der Waals surface area contributed by atoms with Crippen molar-refractivity contribution in [1.29, 1.82) is 0 Å². The van der Waals surface area contributed by atoms with Gasteiger partial charge in [-0.3, -0.25) is 0 Å². The number of carbonyl (C=O) groups excluding carboxylic acids is 1. The molecular formula is C17H26FN3O2. The first-order chi connectivity index (χ1) is 10.8. The minimum atomic E-state index is -0.324. The molecule has 5 nitrogen and oxygen atoms in total. The van der Waals surface area contributed by atoms with Crippen LogP contribution in [-0.2, 0) is 0 Å². The molecule has 1 unspecified atom stereocenters. The molecule has 2 rings (SSSR count). The van der Waals surface area contributed by atoms with Crippen molar-refractivity contribution < 1.29 is 13.9 Å². The highest BCUT2D eigenvalue weighted by atomic mass is 19.1. The van der Waals surface area contributed by atoms with E-state index in [9.17, 15) is 9.18 Å². The molecule has 2 N–H and O–H groups in total. The Morgan fingerprint density at radius 1 is 1.43 bits per heavy atom. The van der Waals surface area contributed by atoms with Crippen LogP contribution in [0.3, 0.4) is 0 Å². The highest BCUT2D eigenvalue weighted by Crippen LogP contribution is 2.31. The molecule has 128 valence electrons. The van der Waals surface area contributed by atoms with Gasteiger partial charge in [0.2, 0.25) is 0 Å². The van der Waals surface area contributed by atoms with Gasteiger partial charge in [0, 0.05) is 17.6 Å². The van der Waals surface area contributed by atoms with Crippen LogP contribution in [0.4, 0.5) is 9.18 Å². The van der Waals surface area contributed by atoms with Crippen LogP contribution in [0.25, 0.3) is 0 Å². The van der Waals surface area contributed by atoms with Crippen molar-refractivity contribution in [3.05, 3.63) is 29.6 Å². The summed E-state index contributed by atoms with van der Waals surface area (Å²) >= 11 is 0. The molecule has 0 radical (unpaired) electrons. The van der Waals surface area contributed by atoms with Crippen LogP contribution in [0.15, 0.2) is 18.2 Å². The number of amides is 2. The molecule has 1 aromatic rings. The van der Waals surface area contributed by atoms with E-state index in [1.165, 1.54) is 12.1 Å². The molecule has 0 spiro atoms. The summed E-state index contributed by atoms with van der Waals surface area (Å²) in [7, 11) is 3.95. The number of carbonyl (C=O) groups is 1. The third kappa shape index (κ3) is 4.58. The lowest BCUT2D eigenvalue weighted by Crippen LogP contribution is -2.50. The van der Waals surface area contributed by atoms with Crippen LogP contribution in [0.1, 0.15) is 38.3 Å². The second kappa shape index (κ2) is 7.17. The number of rotatable bonds is 4. The lowest BCUT2D eigenvalue weighted by molar-refractivity contribution is 0.185. The van der Waals surface area contributed by atoms with E-state index >= 15 is 0 Å². The van der Waals surface area contributed by atoms with Crippen LogP contribution in [-0.4, -0.2) is 43.7 Å². The highest BCUT2D eigenvalue weighted by molar-refractivity contribution is 5.74. The van der Waals surface area contributed by atoms with Gasteiger partial charge in [-0.25, -0.2) is 9.18 Å². The first kappa shape index (κ1) is 17.5. The van der Waals surface area contributed by atoms with Gasteiger partial charge in [-0.05, 0) is 59.0 Å². The van der Waals surface area contributed by atoms with E-state index in [1.54, 1.807) is 6.07 Å². The van der Waals surface area contributed by atoms with Gasteiger partial charge in [0.15, 0.2) is 0 Å². The number of fused-ring (bicyclic) bond motifs is 1. The van der Waals surface area contributed by atoms with Gasteiger partial charge in [-0.1, -0.05) is 0 Å². The molecular weight excluding hydrogens is 297 g/mol. The number of likely N-dealkylation sites (N-methyl/N-ethyl adjacent to an activating group) is 1. The average Bonchev–Trinajstić information content (AvgIpc) is 2.68. The first-order valence-electron chi connectivity index (χ1n) is 7.93. The third-order valence-corrected chi connectivity index (χ3v) is 4.44. The summed E-state index contributed by atoms with van der Waals surface area (Å²) in [5.41, 5.74) is 0.554. The van der Waals surface area contributed by atoms with Crippen molar-refractivity contribution in [2.24, 2.45) is 0 Å². The van der Waals surface area contributed by atoms with Gasteiger partial charge in [-0.15, -0.1) is 0 Å². The van der Waals surface area contributed by atoms with Gasteiger partial charge in [0.1, 0.15) is 11.6 Å². The molecule has 0 fully saturated rings. The van der Waals surface area contributed by atoms with Crippen molar-refractivity contribution in [2.45, 2.75) is 38.3 Å². The maximum absolute atomic E-state index is 13.5. The number of halogens is 1. The molecule has 1 aliphatic rings. The zero-order valence-corrected chi connectivity index (χ0v) is 14.3. The number of hydrogen-bond donors (Lipinski definition) is 2. The Labute approximate surface area is 137 Å². The van der Waals surface area contributed by atoms with Gasteiger partial charge in [0.05, 0.1) is 12.6 Å². The summed E-state index contributed by atoms with van der Waals surface area (Å²) in [6.45, 7) is 5.20. The van der Waals surface area contributed by atoms with E-state index in [2.05, 4.69) is 29.4 Å². The molecule has 0 aliphatic carbocycles. The number of nitrogens with one attached hydrogen (secondary N) is 2. The number of hydrogen-bond acceptors (Lipinski definition) is 3. The van der Waals surface area contributed by atoms with E-state index in [-0.39, 0.29) is 23.4 Å². The number of urea groups is 1. The van der Waals surface area contributed by atoms with Crippen molar-refractivity contribution in [1.82, 2.24) is 15.5 Å². The topological polar surface area (TPSA) is 53.6 Å². The molecule has 1 heterocycles. The number of ether oxygens (including phenoxy) is 1. The molecule has 23 heavy (non-hydrogen) atoms. The summed E-state index contributed by atoms with van der Waals surface area (Å²) in [5.74, 6) is 0.318. The van der Waals surface area contributed by atoms with Crippen LogP contribution in [0.5, 0.6) is 5.75 Å². The first-order valence-corrected chi connectivity index (χ1v) is 7.93. The molecule has 1 aliphatic heterocycles. The molecule has 6 heteroatoms. The van der Waals surface area contributed by atoms with Crippen LogP contribution < -0.4 is 15.4 Å². The Hall–Kier alpha value is -1.82. The number of nitrogens with zero attached hydrogens (tertiary/aromatic N) is 1. The average molecular weight is 323 g/mol.